The summed E-state index contributed by atoms with van der Waals surface area (Å²) in [5.74, 6) is 0.0393. The zero-order valence-electron chi connectivity index (χ0n) is 13.8. The molecule has 0 saturated carbocycles. The number of amides is 2. The van der Waals surface area contributed by atoms with Crippen LogP contribution < -0.4 is 0 Å². The molecule has 7 nitrogen and oxygen atoms in total. The fourth-order valence-electron chi connectivity index (χ4n) is 4.41. The second kappa shape index (κ2) is 5.53. The van der Waals surface area contributed by atoms with Gasteiger partial charge in [-0.2, -0.15) is 0 Å². The molecule has 0 unspecified atom stereocenters. The summed E-state index contributed by atoms with van der Waals surface area (Å²) in [4.78, 5) is 34.5. The number of pyridine rings is 1. The third-order valence-corrected chi connectivity index (χ3v) is 5.53. The zero-order valence-corrected chi connectivity index (χ0v) is 13.8. The third-order valence-electron chi connectivity index (χ3n) is 5.53. The van der Waals surface area contributed by atoms with Crippen LogP contribution in [0.3, 0.4) is 0 Å². The van der Waals surface area contributed by atoms with Gasteiger partial charge in [0, 0.05) is 58.1 Å². The van der Waals surface area contributed by atoms with Crippen LogP contribution in [0.2, 0.25) is 0 Å². The molecular weight excluding hydrogens is 308 g/mol. The van der Waals surface area contributed by atoms with E-state index in [1.165, 1.54) is 0 Å². The number of piperazine rings is 1. The number of β-amino-alcohol motifs (C(OH)–C–C–N with tert-alkyl or cyclic N) is 1. The molecule has 3 saturated heterocycles. The Labute approximate surface area is 140 Å². The summed E-state index contributed by atoms with van der Waals surface area (Å²) in [6.45, 7) is 4.70. The average molecular weight is 330 g/mol. The average Bonchev–Trinajstić information content (AvgIpc) is 2.92. The summed E-state index contributed by atoms with van der Waals surface area (Å²) in [6, 6.07) is 3.72. The first-order chi connectivity index (χ1) is 11.5. The van der Waals surface area contributed by atoms with Gasteiger partial charge in [0.15, 0.2) is 0 Å². The highest BCUT2D eigenvalue weighted by molar-refractivity contribution is 5.94. The van der Waals surface area contributed by atoms with Gasteiger partial charge < -0.3 is 14.9 Å². The molecule has 1 aromatic rings. The van der Waals surface area contributed by atoms with Crippen LogP contribution in [-0.2, 0) is 4.79 Å². The molecule has 2 amide bonds. The van der Waals surface area contributed by atoms with E-state index in [1.807, 2.05) is 9.80 Å². The first-order valence-corrected chi connectivity index (χ1v) is 8.38. The topological polar surface area (TPSA) is 77.0 Å². The van der Waals surface area contributed by atoms with Crippen LogP contribution in [0.15, 0.2) is 24.5 Å². The molecule has 1 aromatic heterocycles. The highest BCUT2D eigenvalue weighted by Crippen LogP contribution is 2.39. The van der Waals surface area contributed by atoms with Crippen molar-refractivity contribution in [2.24, 2.45) is 0 Å². The lowest BCUT2D eigenvalue weighted by Gasteiger charge is -2.60. The summed E-state index contributed by atoms with van der Waals surface area (Å²) < 4.78 is 0. The van der Waals surface area contributed by atoms with Crippen LogP contribution in [0, 0.1) is 0 Å². The Morgan fingerprint density at radius 3 is 2.67 bits per heavy atom. The first-order valence-electron chi connectivity index (χ1n) is 8.38. The van der Waals surface area contributed by atoms with Crippen LogP contribution in [0.5, 0.6) is 0 Å². The highest BCUT2D eigenvalue weighted by atomic mass is 16.3. The number of aliphatic hydroxyl groups excluding tert-OH is 1. The molecule has 1 spiro atoms. The minimum atomic E-state index is -0.346. The van der Waals surface area contributed by atoms with Gasteiger partial charge in [0.1, 0.15) is 0 Å². The van der Waals surface area contributed by atoms with Crippen molar-refractivity contribution in [1.82, 2.24) is 19.7 Å². The summed E-state index contributed by atoms with van der Waals surface area (Å²) in [6.07, 6.45) is 3.58. The molecule has 0 radical (unpaired) electrons. The van der Waals surface area contributed by atoms with Gasteiger partial charge in [0.2, 0.25) is 5.91 Å². The first kappa shape index (κ1) is 15.5. The number of aliphatic hydroxyl groups is 1. The smallest absolute Gasteiger partial charge is 0.255 e. The summed E-state index contributed by atoms with van der Waals surface area (Å²) in [5.41, 5.74) is 0.369. The molecule has 4 heterocycles. The fraction of sp³-hybridized carbons (Fsp3) is 0.588. The number of aromatic nitrogens is 1. The number of carbonyl (C=O) groups excluding carboxylic acids is 2. The number of likely N-dealkylation sites (tertiary alicyclic amines) is 1. The van der Waals surface area contributed by atoms with Crippen molar-refractivity contribution < 1.29 is 14.7 Å². The van der Waals surface area contributed by atoms with Gasteiger partial charge in [-0.05, 0) is 18.6 Å². The van der Waals surface area contributed by atoms with Crippen LogP contribution in [-0.4, -0.2) is 87.0 Å². The van der Waals surface area contributed by atoms with E-state index in [1.54, 1.807) is 31.5 Å². The maximum absolute atomic E-state index is 12.6. The van der Waals surface area contributed by atoms with Gasteiger partial charge in [0.05, 0.1) is 17.2 Å². The van der Waals surface area contributed by atoms with Gasteiger partial charge in [0.25, 0.3) is 5.91 Å². The van der Waals surface area contributed by atoms with E-state index in [4.69, 9.17) is 0 Å². The van der Waals surface area contributed by atoms with Gasteiger partial charge in [-0.3, -0.25) is 19.5 Å². The molecule has 1 N–H and O–H groups in total. The Bertz CT molecular complexity index is 659. The van der Waals surface area contributed by atoms with Crippen molar-refractivity contribution in [3.05, 3.63) is 30.1 Å². The van der Waals surface area contributed by atoms with E-state index in [0.717, 1.165) is 0 Å². The van der Waals surface area contributed by atoms with E-state index < -0.39 is 0 Å². The Kier molecular flexibility index (Phi) is 3.58. The molecule has 0 bridgehead atoms. The molecular formula is C17H22N4O3. The SMILES string of the molecule is CC(=O)N1C[C@@H]2C[C@@H](O)CN2C2(C1)CN(C(=O)c1cccnc1)C2. The number of hydrogen-bond donors (Lipinski definition) is 1. The second-order valence-corrected chi connectivity index (χ2v) is 7.22. The third kappa shape index (κ3) is 2.39. The Balaban J connectivity index is 1.52. The summed E-state index contributed by atoms with van der Waals surface area (Å²) in [5, 5.41) is 10.1. The van der Waals surface area contributed by atoms with E-state index in [9.17, 15) is 14.7 Å². The quantitative estimate of drug-likeness (QED) is 0.756. The molecule has 24 heavy (non-hydrogen) atoms. The van der Waals surface area contributed by atoms with Crippen LogP contribution in [0.4, 0.5) is 0 Å². The lowest BCUT2D eigenvalue weighted by Crippen LogP contribution is -2.79. The monoisotopic (exact) mass is 330 g/mol. The van der Waals surface area contributed by atoms with Crippen LogP contribution in [0.25, 0.3) is 0 Å². The van der Waals surface area contributed by atoms with E-state index in [-0.39, 0.29) is 29.5 Å². The van der Waals surface area contributed by atoms with Crippen LogP contribution >= 0.6 is 0 Å². The predicted molar refractivity (Wildman–Crippen MR) is 86.2 cm³/mol. The molecule has 4 rings (SSSR count). The van der Waals surface area contributed by atoms with Gasteiger partial charge >= 0.3 is 0 Å². The molecule has 2 atom stereocenters. The number of hydrogen-bond acceptors (Lipinski definition) is 5. The fourth-order valence-corrected chi connectivity index (χ4v) is 4.41. The lowest BCUT2D eigenvalue weighted by molar-refractivity contribution is -0.144. The largest absolute Gasteiger partial charge is 0.392 e. The number of nitrogens with zero attached hydrogens (tertiary/aromatic N) is 4. The Hall–Kier alpha value is -1.99. The van der Waals surface area contributed by atoms with Crippen molar-refractivity contribution in [3.8, 4) is 0 Å². The number of fused-ring (bicyclic) bond motifs is 2. The van der Waals surface area contributed by atoms with Gasteiger partial charge in [-0.15, -0.1) is 0 Å². The maximum Gasteiger partial charge on any atom is 0.255 e. The van der Waals surface area contributed by atoms with Crippen molar-refractivity contribution >= 4 is 11.8 Å². The molecule has 7 heteroatoms. The van der Waals surface area contributed by atoms with E-state index >= 15 is 0 Å². The van der Waals surface area contributed by atoms with Gasteiger partial charge in [-0.1, -0.05) is 0 Å². The molecule has 3 fully saturated rings. The molecule has 3 aliphatic heterocycles. The van der Waals surface area contributed by atoms with Crippen molar-refractivity contribution in [1.29, 1.82) is 0 Å². The van der Waals surface area contributed by atoms with Crippen molar-refractivity contribution in [3.63, 3.8) is 0 Å². The van der Waals surface area contributed by atoms with Crippen LogP contribution in [0.1, 0.15) is 23.7 Å². The lowest BCUT2D eigenvalue weighted by atomic mass is 9.83. The molecule has 0 aromatic carbocycles. The minimum absolute atomic E-state index is 0.0232. The minimum Gasteiger partial charge on any atom is -0.392 e. The van der Waals surface area contributed by atoms with Crippen molar-refractivity contribution in [2.45, 2.75) is 31.0 Å². The summed E-state index contributed by atoms with van der Waals surface area (Å²) >= 11 is 0. The predicted octanol–water partition coefficient (Wildman–Crippen LogP) is -0.426. The molecule has 0 aliphatic carbocycles. The standard InChI is InChI=1S/C17H22N4O3/c1-12(22)19-7-14-5-15(23)8-21(14)17(9-19)10-20(11-17)16(24)13-3-2-4-18-6-13/h2-4,6,14-15,23H,5,7-11H2,1H3/t14-,15+/m0/s1. The number of carbonyl (C=O) groups is 2. The highest BCUT2D eigenvalue weighted by Gasteiger charge is 2.57. The molecule has 3 aliphatic rings. The van der Waals surface area contributed by atoms with Crippen molar-refractivity contribution in [2.75, 3.05) is 32.7 Å². The summed E-state index contributed by atoms with van der Waals surface area (Å²) in [7, 11) is 0. The van der Waals surface area contributed by atoms with E-state index in [0.29, 0.717) is 44.7 Å². The Morgan fingerprint density at radius 2 is 2.00 bits per heavy atom. The maximum atomic E-state index is 12.6. The zero-order chi connectivity index (χ0) is 16.9. The molecule has 128 valence electrons. The number of rotatable bonds is 1. The second-order valence-electron chi connectivity index (χ2n) is 7.22. The van der Waals surface area contributed by atoms with E-state index in [2.05, 4.69) is 9.88 Å². The van der Waals surface area contributed by atoms with Gasteiger partial charge in [-0.25, -0.2) is 0 Å². The Morgan fingerprint density at radius 1 is 1.25 bits per heavy atom. The normalized spacial score (nSPS) is 28.6.